The van der Waals surface area contributed by atoms with E-state index in [1.807, 2.05) is 0 Å². The van der Waals surface area contributed by atoms with E-state index in [0.29, 0.717) is 0 Å². The summed E-state index contributed by atoms with van der Waals surface area (Å²) in [7, 11) is 0. The molecule has 0 atom stereocenters. The molecule has 0 saturated heterocycles. The van der Waals surface area contributed by atoms with Crippen LogP contribution in [0.15, 0.2) is 168 Å². The first-order valence-corrected chi connectivity index (χ1v) is 19.0. The van der Waals surface area contributed by atoms with Crippen molar-refractivity contribution in [2.75, 3.05) is 4.90 Å². The van der Waals surface area contributed by atoms with E-state index in [1.54, 1.807) is 0 Å². The molecule has 0 amide bonds. The topological polar surface area (TPSA) is 21.3 Å². The van der Waals surface area contributed by atoms with Gasteiger partial charge in [0.25, 0.3) is 0 Å². The molecule has 0 aliphatic heterocycles. The summed E-state index contributed by atoms with van der Waals surface area (Å²) in [6, 6.07) is 57.4. The molecule has 3 nitrogen and oxygen atoms in total. The Morgan fingerprint density at radius 1 is 0.630 bits per heavy atom. The largest absolute Gasteiger partial charge is 0.455 e. The number of hydrogen-bond acceptors (Lipinski definition) is 2. The van der Waals surface area contributed by atoms with Crippen molar-refractivity contribution in [3.05, 3.63) is 186 Å². The van der Waals surface area contributed by atoms with Crippen LogP contribution < -0.4 is 4.90 Å². The lowest BCUT2D eigenvalue weighted by molar-refractivity contribution is 0.653. The first-order valence-electron chi connectivity index (χ1n) is 19.0. The van der Waals surface area contributed by atoms with E-state index in [2.05, 4.69) is 193 Å². The van der Waals surface area contributed by atoms with Crippen molar-refractivity contribution in [3.63, 3.8) is 0 Å². The number of nitrogens with zero attached hydrogens (tertiary/aromatic N) is 2. The number of para-hydroxylation sites is 3. The highest BCUT2D eigenvalue weighted by Crippen LogP contribution is 2.57. The Balaban J connectivity index is 1.28. The highest BCUT2D eigenvalue weighted by atomic mass is 16.3. The number of benzene rings is 7. The molecule has 2 heterocycles. The molecule has 11 rings (SSSR count). The fraction of sp³-hybridized carbons (Fsp3) is 0.0980. The van der Waals surface area contributed by atoms with Crippen LogP contribution in [0, 0.1) is 0 Å². The van der Waals surface area contributed by atoms with Crippen molar-refractivity contribution in [2.24, 2.45) is 0 Å². The van der Waals surface area contributed by atoms with Gasteiger partial charge in [-0.1, -0.05) is 141 Å². The SMILES string of the molecule is CC1(C)c2ccccc2-c2c1cc(N(c1ccc(-c3ccccc3)cc1)c1cccc3c4c(n(-c5ccccc5)c13)CCC=C4)c1c2oc2ccccc21. The lowest BCUT2D eigenvalue weighted by Crippen LogP contribution is -2.17. The highest BCUT2D eigenvalue weighted by molar-refractivity contribution is 6.19. The zero-order chi connectivity index (χ0) is 36.0. The summed E-state index contributed by atoms with van der Waals surface area (Å²) in [5.74, 6) is 0. The van der Waals surface area contributed by atoms with Gasteiger partial charge in [0, 0.05) is 44.4 Å². The summed E-state index contributed by atoms with van der Waals surface area (Å²) in [6.07, 6.45) is 6.67. The van der Waals surface area contributed by atoms with Gasteiger partial charge in [-0.3, -0.25) is 0 Å². The number of allylic oxidation sites excluding steroid dienone is 1. The van der Waals surface area contributed by atoms with Gasteiger partial charge >= 0.3 is 0 Å². The highest BCUT2D eigenvalue weighted by Gasteiger charge is 2.39. The molecule has 7 aromatic carbocycles. The first kappa shape index (κ1) is 31.0. The molecule has 0 fully saturated rings. The van der Waals surface area contributed by atoms with Crippen LogP contribution in [-0.4, -0.2) is 4.57 Å². The third kappa shape index (κ3) is 4.42. The van der Waals surface area contributed by atoms with Crippen molar-refractivity contribution in [2.45, 2.75) is 32.1 Å². The van der Waals surface area contributed by atoms with Gasteiger partial charge in [-0.2, -0.15) is 0 Å². The number of aromatic nitrogens is 1. The fourth-order valence-electron chi connectivity index (χ4n) is 9.34. The van der Waals surface area contributed by atoms with E-state index >= 15 is 0 Å². The van der Waals surface area contributed by atoms with Crippen LogP contribution in [-0.2, 0) is 11.8 Å². The zero-order valence-electron chi connectivity index (χ0n) is 30.4. The second kappa shape index (κ2) is 11.7. The minimum absolute atomic E-state index is 0.225. The maximum Gasteiger partial charge on any atom is 0.145 e. The lowest BCUT2D eigenvalue weighted by atomic mass is 9.82. The predicted octanol–water partition coefficient (Wildman–Crippen LogP) is 13.9. The summed E-state index contributed by atoms with van der Waals surface area (Å²) in [6.45, 7) is 4.72. The van der Waals surface area contributed by atoms with Gasteiger partial charge < -0.3 is 13.9 Å². The van der Waals surface area contributed by atoms with Gasteiger partial charge in [-0.15, -0.1) is 0 Å². The smallest absolute Gasteiger partial charge is 0.145 e. The monoisotopic (exact) mass is 694 g/mol. The van der Waals surface area contributed by atoms with Crippen molar-refractivity contribution >= 4 is 56.0 Å². The molecular formula is C51H38N2O. The summed E-state index contributed by atoms with van der Waals surface area (Å²) >= 11 is 0. The minimum atomic E-state index is -0.225. The minimum Gasteiger partial charge on any atom is -0.455 e. The van der Waals surface area contributed by atoms with Crippen LogP contribution in [0.3, 0.4) is 0 Å². The predicted molar refractivity (Wildman–Crippen MR) is 226 cm³/mol. The fourth-order valence-corrected chi connectivity index (χ4v) is 9.34. The zero-order valence-corrected chi connectivity index (χ0v) is 30.4. The van der Waals surface area contributed by atoms with Crippen LogP contribution in [0.5, 0.6) is 0 Å². The molecule has 0 unspecified atom stereocenters. The quantitative estimate of drug-likeness (QED) is 0.179. The molecule has 2 aliphatic carbocycles. The van der Waals surface area contributed by atoms with Crippen LogP contribution in [0.4, 0.5) is 17.1 Å². The Bertz CT molecular complexity index is 2940. The van der Waals surface area contributed by atoms with Crippen LogP contribution in [0.25, 0.3) is 66.9 Å². The molecule has 2 aliphatic rings. The van der Waals surface area contributed by atoms with E-state index < -0.39 is 0 Å². The number of anilines is 3. The van der Waals surface area contributed by atoms with Crippen LogP contribution in [0.1, 0.15) is 42.7 Å². The van der Waals surface area contributed by atoms with Gasteiger partial charge in [0.2, 0.25) is 0 Å². The van der Waals surface area contributed by atoms with Crippen molar-refractivity contribution in [1.29, 1.82) is 0 Å². The van der Waals surface area contributed by atoms with Gasteiger partial charge in [-0.05, 0) is 83.1 Å². The van der Waals surface area contributed by atoms with E-state index in [9.17, 15) is 0 Å². The second-order valence-electron chi connectivity index (χ2n) is 15.2. The summed E-state index contributed by atoms with van der Waals surface area (Å²) < 4.78 is 9.51. The van der Waals surface area contributed by atoms with E-state index in [1.165, 1.54) is 61.2 Å². The normalized spacial score (nSPS) is 14.0. The molecule has 258 valence electrons. The summed E-state index contributed by atoms with van der Waals surface area (Å²) in [5, 5.41) is 3.50. The molecule has 3 heteroatoms. The maximum absolute atomic E-state index is 6.99. The molecule has 0 saturated carbocycles. The Labute approximate surface area is 315 Å². The molecule has 0 bridgehead atoms. The maximum atomic E-state index is 6.99. The van der Waals surface area contributed by atoms with Gasteiger partial charge in [0.05, 0.1) is 22.3 Å². The third-order valence-electron chi connectivity index (χ3n) is 11.8. The van der Waals surface area contributed by atoms with Gasteiger partial charge in [0.1, 0.15) is 11.2 Å². The molecular weight excluding hydrogens is 657 g/mol. The van der Waals surface area contributed by atoms with E-state index in [-0.39, 0.29) is 5.41 Å². The summed E-state index contributed by atoms with van der Waals surface area (Å²) in [4.78, 5) is 2.51. The lowest BCUT2D eigenvalue weighted by Gasteiger charge is -2.30. The molecule has 9 aromatic rings. The second-order valence-corrected chi connectivity index (χ2v) is 15.2. The molecule has 0 spiro atoms. The van der Waals surface area contributed by atoms with E-state index in [4.69, 9.17) is 4.42 Å². The average Bonchev–Trinajstić information content (AvgIpc) is 3.85. The van der Waals surface area contributed by atoms with Crippen molar-refractivity contribution < 1.29 is 4.42 Å². The van der Waals surface area contributed by atoms with Crippen LogP contribution >= 0.6 is 0 Å². The summed E-state index contributed by atoms with van der Waals surface area (Å²) in [5.41, 5.74) is 17.5. The Kier molecular flexibility index (Phi) is 6.72. The van der Waals surface area contributed by atoms with Crippen molar-refractivity contribution in [1.82, 2.24) is 4.57 Å². The standard InChI is InChI=1S/C51H38N2O/c1-51(2)41-24-12-9-21-39(41)47-42(51)32-45(48-40-22-11-14-27-46(40)54-50(47)48)52(36-30-28-34(29-31-36)33-16-5-3-6-17-33)44-26-15-23-38-37-20-10-13-25-43(37)53(49(38)44)35-18-7-4-8-19-35/h3-12,14-24,26-32H,13,25H2,1-2H3. The number of hydrogen-bond donors (Lipinski definition) is 0. The number of fused-ring (bicyclic) bond motifs is 10. The number of furan rings is 1. The van der Waals surface area contributed by atoms with Crippen molar-refractivity contribution in [3.8, 4) is 27.9 Å². The van der Waals surface area contributed by atoms with E-state index in [0.717, 1.165) is 51.8 Å². The molecule has 0 N–H and O–H groups in total. The average molecular weight is 695 g/mol. The molecule has 0 radical (unpaired) electrons. The Morgan fingerprint density at radius 2 is 1.33 bits per heavy atom. The Morgan fingerprint density at radius 3 is 2.17 bits per heavy atom. The number of rotatable bonds is 5. The first-order chi connectivity index (χ1) is 26.6. The van der Waals surface area contributed by atoms with Gasteiger partial charge in [0.15, 0.2) is 0 Å². The van der Waals surface area contributed by atoms with Crippen LogP contribution in [0.2, 0.25) is 0 Å². The third-order valence-corrected chi connectivity index (χ3v) is 11.8. The molecule has 2 aromatic heterocycles. The Hall–Kier alpha value is -6.58. The molecule has 54 heavy (non-hydrogen) atoms. The van der Waals surface area contributed by atoms with Gasteiger partial charge in [-0.25, -0.2) is 0 Å².